The van der Waals surface area contributed by atoms with Crippen molar-refractivity contribution in [2.24, 2.45) is 0 Å². The van der Waals surface area contributed by atoms with Crippen molar-refractivity contribution in [3.63, 3.8) is 0 Å². The molecule has 78 valence electrons. The van der Waals surface area contributed by atoms with E-state index in [-0.39, 0.29) is 0 Å². The van der Waals surface area contributed by atoms with E-state index in [1.807, 2.05) is 18.2 Å². The first kappa shape index (κ1) is 10.7. The largest absolute Gasteiger partial charge is 0.495 e. The van der Waals surface area contributed by atoms with Crippen molar-refractivity contribution in [2.45, 2.75) is 26.3 Å². The molecule has 0 saturated heterocycles. The van der Waals surface area contributed by atoms with E-state index >= 15 is 0 Å². The van der Waals surface area contributed by atoms with E-state index in [2.05, 4.69) is 19.2 Å². The van der Waals surface area contributed by atoms with Crippen LogP contribution in [0.1, 0.15) is 20.3 Å². The summed E-state index contributed by atoms with van der Waals surface area (Å²) in [5.74, 6) is 0.722. The average Bonchev–Trinajstić information content (AvgIpc) is 2.18. The SMILES string of the molecule is CCC(C)Nc1ccc(OC)c(N)c1. The van der Waals surface area contributed by atoms with Gasteiger partial charge in [0.1, 0.15) is 5.75 Å². The highest BCUT2D eigenvalue weighted by molar-refractivity contribution is 5.62. The monoisotopic (exact) mass is 194 g/mol. The molecule has 14 heavy (non-hydrogen) atoms. The maximum atomic E-state index is 5.78. The van der Waals surface area contributed by atoms with Crippen LogP contribution in [-0.4, -0.2) is 13.2 Å². The van der Waals surface area contributed by atoms with Gasteiger partial charge in [-0.15, -0.1) is 0 Å². The molecule has 0 aliphatic carbocycles. The summed E-state index contributed by atoms with van der Waals surface area (Å²) >= 11 is 0. The Hall–Kier alpha value is -1.38. The van der Waals surface area contributed by atoms with Gasteiger partial charge in [0, 0.05) is 11.7 Å². The van der Waals surface area contributed by atoms with E-state index in [9.17, 15) is 0 Å². The van der Waals surface area contributed by atoms with Crippen molar-refractivity contribution < 1.29 is 4.74 Å². The number of anilines is 2. The number of nitrogen functional groups attached to an aromatic ring is 1. The lowest BCUT2D eigenvalue weighted by molar-refractivity contribution is 0.417. The highest BCUT2D eigenvalue weighted by Crippen LogP contribution is 2.24. The summed E-state index contributed by atoms with van der Waals surface area (Å²) in [6.07, 6.45) is 1.09. The van der Waals surface area contributed by atoms with Gasteiger partial charge in [-0.25, -0.2) is 0 Å². The molecule has 0 radical (unpaired) electrons. The maximum absolute atomic E-state index is 5.78. The molecule has 0 aliphatic rings. The molecule has 0 aromatic heterocycles. The van der Waals surface area contributed by atoms with E-state index < -0.39 is 0 Å². The predicted octanol–water partition coefficient (Wildman–Crippen LogP) is 2.49. The average molecular weight is 194 g/mol. The standard InChI is InChI=1S/C11H18N2O/c1-4-8(2)13-9-5-6-11(14-3)10(12)7-9/h5-8,13H,4,12H2,1-3H3. The summed E-state index contributed by atoms with van der Waals surface area (Å²) in [5, 5.41) is 3.35. The quantitative estimate of drug-likeness (QED) is 0.724. The van der Waals surface area contributed by atoms with Crippen LogP contribution in [0.25, 0.3) is 0 Å². The zero-order valence-electron chi connectivity index (χ0n) is 9.00. The molecule has 3 heteroatoms. The van der Waals surface area contributed by atoms with Crippen LogP contribution < -0.4 is 15.8 Å². The number of hydrogen-bond acceptors (Lipinski definition) is 3. The van der Waals surface area contributed by atoms with Crippen molar-refractivity contribution in [3.05, 3.63) is 18.2 Å². The van der Waals surface area contributed by atoms with E-state index in [0.29, 0.717) is 11.7 Å². The smallest absolute Gasteiger partial charge is 0.141 e. The van der Waals surface area contributed by atoms with Crippen molar-refractivity contribution >= 4 is 11.4 Å². The maximum Gasteiger partial charge on any atom is 0.141 e. The molecule has 0 spiro atoms. The first-order valence-electron chi connectivity index (χ1n) is 4.87. The van der Waals surface area contributed by atoms with Crippen LogP contribution in [0, 0.1) is 0 Å². The number of hydrogen-bond donors (Lipinski definition) is 2. The van der Waals surface area contributed by atoms with E-state index in [0.717, 1.165) is 17.9 Å². The second kappa shape index (κ2) is 4.74. The zero-order chi connectivity index (χ0) is 10.6. The third-order valence-corrected chi connectivity index (χ3v) is 2.26. The van der Waals surface area contributed by atoms with Gasteiger partial charge in [-0.05, 0) is 31.5 Å². The second-order valence-electron chi connectivity index (χ2n) is 3.41. The summed E-state index contributed by atoms with van der Waals surface area (Å²) in [7, 11) is 1.62. The van der Waals surface area contributed by atoms with Crippen LogP contribution in [-0.2, 0) is 0 Å². The Labute approximate surface area is 85.3 Å². The second-order valence-corrected chi connectivity index (χ2v) is 3.41. The van der Waals surface area contributed by atoms with Gasteiger partial charge in [0.05, 0.1) is 12.8 Å². The number of nitrogens with two attached hydrogens (primary N) is 1. The van der Waals surface area contributed by atoms with Gasteiger partial charge >= 0.3 is 0 Å². The van der Waals surface area contributed by atoms with Gasteiger partial charge in [0.2, 0.25) is 0 Å². The Morgan fingerprint density at radius 1 is 1.50 bits per heavy atom. The van der Waals surface area contributed by atoms with Crippen LogP contribution in [0.4, 0.5) is 11.4 Å². The predicted molar refractivity (Wildman–Crippen MR) is 60.8 cm³/mol. The number of nitrogens with one attached hydrogen (secondary N) is 1. The number of ether oxygens (including phenoxy) is 1. The molecule has 1 unspecified atom stereocenters. The van der Waals surface area contributed by atoms with Gasteiger partial charge in [-0.3, -0.25) is 0 Å². The van der Waals surface area contributed by atoms with Gasteiger partial charge in [0.15, 0.2) is 0 Å². The van der Waals surface area contributed by atoms with Crippen LogP contribution in [0.3, 0.4) is 0 Å². The molecule has 3 nitrogen and oxygen atoms in total. The Bertz CT molecular complexity index is 299. The summed E-state index contributed by atoms with van der Waals surface area (Å²) < 4.78 is 5.08. The van der Waals surface area contributed by atoms with Crippen LogP contribution in [0.2, 0.25) is 0 Å². The lowest BCUT2D eigenvalue weighted by Gasteiger charge is -2.14. The van der Waals surface area contributed by atoms with Gasteiger partial charge in [-0.1, -0.05) is 6.92 Å². The Morgan fingerprint density at radius 3 is 2.71 bits per heavy atom. The molecule has 1 aromatic carbocycles. The third-order valence-electron chi connectivity index (χ3n) is 2.26. The van der Waals surface area contributed by atoms with Crippen molar-refractivity contribution in [1.82, 2.24) is 0 Å². The molecule has 1 aromatic rings. The summed E-state index contributed by atoms with van der Waals surface area (Å²) in [5.41, 5.74) is 7.49. The van der Waals surface area contributed by atoms with Crippen molar-refractivity contribution in [2.75, 3.05) is 18.2 Å². The van der Waals surface area contributed by atoms with Crippen LogP contribution >= 0.6 is 0 Å². The Morgan fingerprint density at radius 2 is 2.21 bits per heavy atom. The minimum absolute atomic E-state index is 0.461. The highest BCUT2D eigenvalue weighted by Gasteiger charge is 2.02. The minimum atomic E-state index is 0.461. The fraction of sp³-hybridized carbons (Fsp3) is 0.455. The number of methoxy groups -OCH3 is 1. The van der Waals surface area contributed by atoms with Crippen LogP contribution in [0.15, 0.2) is 18.2 Å². The fourth-order valence-electron chi connectivity index (χ4n) is 1.21. The normalized spacial score (nSPS) is 12.2. The third kappa shape index (κ3) is 2.55. The molecular formula is C11H18N2O. The van der Waals surface area contributed by atoms with E-state index in [1.54, 1.807) is 7.11 Å². The van der Waals surface area contributed by atoms with Crippen LogP contribution in [0.5, 0.6) is 5.75 Å². The first-order chi connectivity index (χ1) is 6.67. The topological polar surface area (TPSA) is 47.3 Å². The Balaban J connectivity index is 2.76. The molecule has 0 heterocycles. The van der Waals surface area contributed by atoms with Gasteiger partial charge < -0.3 is 15.8 Å². The number of benzene rings is 1. The van der Waals surface area contributed by atoms with E-state index in [1.165, 1.54) is 0 Å². The molecular weight excluding hydrogens is 176 g/mol. The summed E-state index contributed by atoms with van der Waals surface area (Å²) in [4.78, 5) is 0. The molecule has 0 saturated carbocycles. The Kier molecular flexibility index (Phi) is 3.63. The number of rotatable bonds is 4. The lowest BCUT2D eigenvalue weighted by Crippen LogP contribution is -2.13. The molecule has 0 bridgehead atoms. The summed E-state index contributed by atoms with van der Waals surface area (Å²) in [6, 6.07) is 6.20. The molecule has 1 atom stereocenters. The molecule has 0 amide bonds. The molecule has 0 fully saturated rings. The molecule has 1 rings (SSSR count). The molecule has 3 N–H and O–H groups in total. The van der Waals surface area contributed by atoms with Crippen molar-refractivity contribution in [3.8, 4) is 5.75 Å². The highest BCUT2D eigenvalue weighted by atomic mass is 16.5. The zero-order valence-corrected chi connectivity index (χ0v) is 9.00. The van der Waals surface area contributed by atoms with Gasteiger partial charge in [0.25, 0.3) is 0 Å². The lowest BCUT2D eigenvalue weighted by atomic mass is 10.2. The van der Waals surface area contributed by atoms with Crippen molar-refractivity contribution in [1.29, 1.82) is 0 Å². The summed E-state index contributed by atoms with van der Waals surface area (Å²) in [6.45, 7) is 4.28. The minimum Gasteiger partial charge on any atom is -0.495 e. The fourth-order valence-corrected chi connectivity index (χ4v) is 1.21. The first-order valence-corrected chi connectivity index (χ1v) is 4.87. The molecule has 0 aliphatic heterocycles. The van der Waals surface area contributed by atoms with E-state index in [4.69, 9.17) is 10.5 Å². The van der Waals surface area contributed by atoms with Gasteiger partial charge in [-0.2, -0.15) is 0 Å².